The van der Waals surface area contributed by atoms with Crippen LogP contribution in [0.1, 0.15) is 25.5 Å². The predicted molar refractivity (Wildman–Crippen MR) is 52.5 cm³/mol. The Morgan fingerprint density at radius 2 is 1.86 bits per heavy atom. The molecular formula is C10H13NO3. The Bertz CT molecular complexity index is 321. The zero-order chi connectivity index (χ0) is 10.8. The summed E-state index contributed by atoms with van der Waals surface area (Å²) in [5.74, 6) is 0. The Morgan fingerprint density at radius 1 is 1.36 bits per heavy atom. The average molecular weight is 195 g/mol. The lowest BCUT2D eigenvalue weighted by Crippen LogP contribution is -2.37. The summed E-state index contributed by atoms with van der Waals surface area (Å²) < 4.78 is 0. The van der Waals surface area contributed by atoms with Gasteiger partial charge in [-0.05, 0) is 5.56 Å². The molecule has 0 saturated carbocycles. The van der Waals surface area contributed by atoms with Gasteiger partial charge in [-0.25, -0.2) is 0 Å². The number of hydrogen-bond donors (Lipinski definition) is 1. The second kappa shape index (κ2) is 3.75. The highest BCUT2D eigenvalue weighted by Gasteiger charge is 2.40. The van der Waals surface area contributed by atoms with Crippen LogP contribution in [0.4, 0.5) is 0 Å². The molecule has 1 rings (SSSR count). The van der Waals surface area contributed by atoms with Crippen molar-refractivity contribution in [3.8, 4) is 0 Å². The predicted octanol–water partition coefficient (Wildman–Crippen LogP) is 1.78. The molecule has 0 radical (unpaired) electrons. The smallest absolute Gasteiger partial charge is 0.246 e. The van der Waals surface area contributed by atoms with Gasteiger partial charge in [0, 0.05) is 18.8 Å². The Morgan fingerprint density at radius 3 is 2.29 bits per heavy atom. The van der Waals surface area contributed by atoms with Crippen LogP contribution in [0.5, 0.6) is 0 Å². The number of hydrogen-bond acceptors (Lipinski definition) is 3. The maximum atomic E-state index is 10.7. The van der Waals surface area contributed by atoms with Crippen molar-refractivity contribution in [1.82, 2.24) is 0 Å². The Labute approximate surface area is 82.3 Å². The first kappa shape index (κ1) is 10.7. The molecule has 0 aliphatic rings. The van der Waals surface area contributed by atoms with Crippen molar-refractivity contribution in [2.75, 3.05) is 0 Å². The third-order valence-electron chi connectivity index (χ3n) is 2.26. The van der Waals surface area contributed by atoms with E-state index in [9.17, 15) is 15.2 Å². The molecule has 0 bridgehead atoms. The highest BCUT2D eigenvalue weighted by molar-refractivity contribution is 5.19. The Hall–Kier alpha value is -1.42. The van der Waals surface area contributed by atoms with E-state index in [0.29, 0.717) is 5.56 Å². The van der Waals surface area contributed by atoms with E-state index in [-0.39, 0.29) is 0 Å². The van der Waals surface area contributed by atoms with E-state index in [4.69, 9.17) is 0 Å². The molecule has 0 amide bonds. The first-order chi connectivity index (χ1) is 6.46. The number of rotatable bonds is 3. The van der Waals surface area contributed by atoms with Gasteiger partial charge in [0.15, 0.2) is 0 Å². The maximum absolute atomic E-state index is 10.7. The zero-order valence-corrected chi connectivity index (χ0v) is 8.18. The molecule has 0 unspecified atom stereocenters. The summed E-state index contributed by atoms with van der Waals surface area (Å²) in [5, 5.41) is 20.5. The van der Waals surface area contributed by atoms with Gasteiger partial charge in [0.1, 0.15) is 6.10 Å². The molecule has 0 aliphatic heterocycles. The summed E-state index contributed by atoms with van der Waals surface area (Å²) in [4.78, 5) is 10.2. The molecule has 14 heavy (non-hydrogen) atoms. The largest absolute Gasteiger partial charge is 0.381 e. The van der Waals surface area contributed by atoms with Gasteiger partial charge in [-0.2, -0.15) is 0 Å². The minimum Gasteiger partial charge on any atom is -0.381 e. The second-order valence-corrected chi connectivity index (χ2v) is 3.72. The molecule has 0 aliphatic carbocycles. The summed E-state index contributed by atoms with van der Waals surface area (Å²) in [6.45, 7) is 2.81. The minimum atomic E-state index is -1.36. The fraction of sp³-hybridized carbons (Fsp3) is 0.400. The molecule has 1 N–H and O–H groups in total. The third kappa shape index (κ3) is 1.90. The van der Waals surface area contributed by atoms with Crippen LogP contribution in [0.25, 0.3) is 0 Å². The van der Waals surface area contributed by atoms with E-state index in [2.05, 4.69) is 0 Å². The Balaban J connectivity index is 2.96. The molecule has 1 aromatic rings. The lowest BCUT2D eigenvalue weighted by atomic mass is 9.92. The van der Waals surface area contributed by atoms with Crippen LogP contribution in [0, 0.1) is 10.1 Å². The van der Waals surface area contributed by atoms with Crippen molar-refractivity contribution < 1.29 is 10.0 Å². The van der Waals surface area contributed by atoms with Crippen LogP contribution < -0.4 is 0 Å². The third-order valence-corrected chi connectivity index (χ3v) is 2.26. The van der Waals surface area contributed by atoms with Crippen LogP contribution in [-0.4, -0.2) is 15.6 Å². The molecule has 1 atom stereocenters. The van der Waals surface area contributed by atoms with Crippen LogP contribution in [-0.2, 0) is 0 Å². The number of nitro groups is 1. The van der Waals surface area contributed by atoms with Crippen LogP contribution >= 0.6 is 0 Å². The summed E-state index contributed by atoms with van der Waals surface area (Å²) in [5.41, 5.74) is -0.796. The average Bonchev–Trinajstić information content (AvgIpc) is 2.17. The number of aliphatic hydroxyl groups is 1. The van der Waals surface area contributed by atoms with Gasteiger partial charge in [0.05, 0.1) is 0 Å². The van der Waals surface area contributed by atoms with Gasteiger partial charge >= 0.3 is 0 Å². The van der Waals surface area contributed by atoms with Gasteiger partial charge in [-0.1, -0.05) is 30.3 Å². The molecule has 76 valence electrons. The van der Waals surface area contributed by atoms with Crippen molar-refractivity contribution in [2.24, 2.45) is 0 Å². The number of aliphatic hydroxyl groups excluding tert-OH is 1. The SMILES string of the molecule is CC(C)([C@@H](O)c1ccccc1)[N+](=O)[O-]. The summed E-state index contributed by atoms with van der Waals surface area (Å²) >= 11 is 0. The first-order valence-corrected chi connectivity index (χ1v) is 4.33. The van der Waals surface area contributed by atoms with Gasteiger partial charge in [0.25, 0.3) is 0 Å². The molecule has 4 heteroatoms. The second-order valence-electron chi connectivity index (χ2n) is 3.72. The van der Waals surface area contributed by atoms with E-state index in [1.807, 2.05) is 0 Å². The van der Waals surface area contributed by atoms with Crippen molar-refractivity contribution in [3.63, 3.8) is 0 Å². The van der Waals surface area contributed by atoms with E-state index in [0.717, 1.165) is 0 Å². The van der Waals surface area contributed by atoms with Crippen molar-refractivity contribution in [3.05, 3.63) is 46.0 Å². The van der Waals surface area contributed by atoms with Crippen LogP contribution in [0.15, 0.2) is 30.3 Å². The van der Waals surface area contributed by atoms with Crippen molar-refractivity contribution in [1.29, 1.82) is 0 Å². The molecule has 0 saturated heterocycles. The van der Waals surface area contributed by atoms with Gasteiger partial charge in [0.2, 0.25) is 5.54 Å². The summed E-state index contributed by atoms with van der Waals surface area (Å²) in [6, 6.07) is 8.64. The van der Waals surface area contributed by atoms with Crippen LogP contribution in [0.2, 0.25) is 0 Å². The van der Waals surface area contributed by atoms with E-state index >= 15 is 0 Å². The van der Waals surface area contributed by atoms with Crippen molar-refractivity contribution in [2.45, 2.75) is 25.5 Å². The lowest BCUT2D eigenvalue weighted by molar-refractivity contribution is -0.575. The Kier molecular flexibility index (Phi) is 2.86. The quantitative estimate of drug-likeness (QED) is 0.590. The van der Waals surface area contributed by atoms with Crippen molar-refractivity contribution >= 4 is 0 Å². The fourth-order valence-corrected chi connectivity index (χ4v) is 1.14. The molecule has 1 aromatic carbocycles. The lowest BCUT2D eigenvalue weighted by Gasteiger charge is -2.22. The van der Waals surface area contributed by atoms with Gasteiger partial charge in [-0.3, -0.25) is 10.1 Å². The normalized spacial score (nSPS) is 13.6. The van der Waals surface area contributed by atoms with Crippen LogP contribution in [0.3, 0.4) is 0 Å². The number of benzene rings is 1. The molecule has 0 spiro atoms. The minimum absolute atomic E-state index is 0.468. The van der Waals surface area contributed by atoms with Gasteiger partial charge in [-0.15, -0.1) is 0 Å². The van der Waals surface area contributed by atoms with E-state index in [1.54, 1.807) is 30.3 Å². The summed E-state index contributed by atoms with van der Waals surface area (Å²) in [7, 11) is 0. The fourth-order valence-electron chi connectivity index (χ4n) is 1.14. The molecule has 4 nitrogen and oxygen atoms in total. The zero-order valence-electron chi connectivity index (χ0n) is 8.18. The van der Waals surface area contributed by atoms with Gasteiger partial charge < -0.3 is 5.11 Å². The molecule has 0 aromatic heterocycles. The van der Waals surface area contributed by atoms with E-state index in [1.165, 1.54) is 13.8 Å². The standard InChI is InChI=1S/C10H13NO3/c1-10(2,11(13)14)9(12)8-6-4-3-5-7-8/h3-7,9,12H,1-2H3/t9-/m0/s1. The summed E-state index contributed by atoms with van der Waals surface area (Å²) in [6.07, 6.45) is -1.08. The number of nitrogens with zero attached hydrogens (tertiary/aromatic N) is 1. The molecule has 0 fully saturated rings. The highest BCUT2D eigenvalue weighted by atomic mass is 16.6. The maximum Gasteiger partial charge on any atom is 0.246 e. The molecular weight excluding hydrogens is 182 g/mol. The van der Waals surface area contributed by atoms with E-state index < -0.39 is 16.6 Å². The topological polar surface area (TPSA) is 63.4 Å². The monoisotopic (exact) mass is 195 g/mol. The molecule has 0 heterocycles. The first-order valence-electron chi connectivity index (χ1n) is 4.33. The highest BCUT2D eigenvalue weighted by Crippen LogP contribution is 2.27.